The lowest BCUT2D eigenvalue weighted by molar-refractivity contribution is 0.0521. The lowest BCUT2D eigenvalue weighted by atomic mass is 10.2. The van der Waals surface area contributed by atoms with E-state index < -0.39 is 21.8 Å². The average Bonchev–Trinajstić information content (AvgIpc) is 3.17. The van der Waals surface area contributed by atoms with Crippen LogP contribution in [-0.2, 0) is 14.8 Å². The molecule has 0 spiro atoms. The number of pyridine rings is 1. The lowest BCUT2D eigenvalue weighted by Crippen LogP contribution is -2.17. The first-order valence-electron chi connectivity index (χ1n) is 9.26. The molecule has 0 aliphatic heterocycles. The molecule has 1 N–H and O–H groups in total. The van der Waals surface area contributed by atoms with E-state index in [0.717, 1.165) is 12.1 Å². The summed E-state index contributed by atoms with van der Waals surface area (Å²) >= 11 is 6.10. The summed E-state index contributed by atoms with van der Waals surface area (Å²) in [5.41, 5.74) is 0.533. The molecular weight excluding hydrogens is 461 g/mol. The van der Waals surface area contributed by atoms with Gasteiger partial charge in [-0.25, -0.2) is 27.3 Å². The van der Waals surface area contributed by atoms with Gasteiger partial charge in [0.1, 0.15) is 16.2 Å². The van der Waals surface area contributed by atoms with E-state index in [2.05, 4.69) is 20.0 Å². The molecule has 0 bridgehead atoms. The molecule has 0 unspecified atom stereocenters. The predicted octanol–water partition coefficient (Wildman–Crippen LogP) is 3.59. The van der Waals surface area contributed by atoms with Crippen LogP contribution in [0.15, 0.2) is 59.6 Å². The van der Waals surface area contributed by atoms with Crippen LogP contribution < -0.4 is 4.72 Å². The molecule has 2 aromatic heterocycles. The largest absolute Gasteiger partial charge is 0.462 e. The number of fused-ring (bicyclic) bond motifs is 1. The highest BCUT2D eigenvalue weighted by Crippen LogP contribution is 2.28. The molecule has 12 heteroatoms. The number of benzene rings is 2. The highest BCUT2D eigenvalue weighted by Gasteiger charge is 2.23. The summed E-state index contributed by atoms with van der Waals surface area (Å²) in [6.07, 6.45) is 1.53. The fourth-order valence-electron chi connectivity index (χ4n) is 2.99. The van der Waals surface area contributed by atoms with Crippen LogP contribution in [0.5, 0.6) is 0 Å². The number of esters is 1. The number of nitrogens with one attached hydrogen (secondary N) is 1. The minimum atomic E-state index is -4.22. The summed E-state index contributed by atoms with van der Waals surface area (Å²) in [6, 6.07) is 10.8. The van der Waals surface area contributed by atoms with Crippen LogP contribution in [0, 0.1) is 5.82 Å². The third-order valence-electron chi connectivity index (χ3n) is 4.38. The number of sulfonamides is 1. The molecular formula is C20H15ClFN5O4S. The Morgan fingerprint density at radius 2 is 2.03 bits per heavy atom. The van der Waals surface area contributed by atoms with Crippen LogP contribution in [0.4, 0.5) is 10.1 Å². The zero-order chi connectivity index (χ0) is 22.9. The standard InChI is InChI=1S/C20H15ClFN5O4S/c1-2-31-20(28)14-7-6-13(11-15(14)22)25-32(29,30)18-8-5-12(21)10-17(18)27-16-4-3-9-23-19(16)24-26-27/h3-11,25H,2H2,1H3. The van der Waals surface area contributed by atoms with Crippen molar-refractivity contribution >= 4 is 44.4 Å². The second-order valence-electron chi connectivity index (χ2n) is 6.48. The second kappa shape index (κ2) is 8.52. The van der Waals surface area contributed by atoms with Crippen LogP contribution in [-0.4, -0.2) is 41.0 Å². The van der Waals surface area contributed by atoms with E-state index in [4.69, 9.17) is 16.3 Å². The van der Waals surface area contributed by atoms with Gasteiger partial charge in [-0.2, -0.15) is 0 Å². The Bertz CT molecular complexity index is 1440. The molecule has 0 saturated heterocycles. The maximum absolute atomic E-state index is 14.3. The van der Waals surface area contributed by atoms with E-state index in [0.29, 0.717) is 11.2 Å². The van der Waals surface area contributed by atoms with E-state index >= 15 is 0 Å². The first-order valence-corrected chi connectivity index (χ1v) is 11.1. The molecule has 0 radical (unpaired) electrons. The van der Waals surface area contributed by atoms with Crippen molar-refractivity contribution in [2.24, 2.45) is 0 Å². The van der Waals surface area contributed by atoms with Crippen LogP contribution in [0.3, 0.4) is 0 Å². The Balaban J connectivity index is 1.74. The van der Waals surface area contributed by atoms with Gasteiger partial charge >= 0.3 is 5.97 Å². The van der Waals surface area contributed by atoms with Gasteiger partial charge in [-0.05, 0) is 55.5 Å². The molecule has 0 aliphatic carbocycles. The first-order chi connectivity index (χ1) is 15.3. The number of carbonyl (C=O) groups excluding carboxylic acids is 1. The number of anilines is 1. The molecule has 164 valence electrons. The monoisotopic (exact) mass is 475 g/mol. The Kier molecular flexibility index (Phi) is 5.76. The van der Waals surface area contributed by atoms with Crippen molar-refractivity contribution < 1.29 is 22.3 Å². The van der Waals surface area contributed by atoms with Gasteiger partial charge in [0.05, 0.1) is 23.5 Å². The summed E-state index contributed by atoms with van der Waals surface area (Å²) in [5.74, 6) is -1.76. The van der Waals surface area contributed by atoms with Crippen molar-refractivity contribution in [2.45, 2.75) is 11.8 Å². The number of nitrogens with zero attached hydrogens (tertiary/aromatic N) is 4. The van der Waals surface area contributed by atoms with E-state index in [1.807, 2.05) is 0 Å². The normalized spacial score (nSPS) is 11.5. The predicted molar refractivity (Wildman–Crippen MR) is 115 cm³/mol. The maximum Gasteiger partial charge on any atom is 0.341 e. The van der Waals surface area contributed by atoms with E-state index in [1.165, 1.54) is 35.1 Å². The van der Waals surface area contributed by atoms with Crippen molar-refractivity contribution in [3.8, 4) is 5.69 Å². The van der Waals surface area contributed by atoms with Gasteiger partial charge in [0.2, 0.25) is 5.65 Å². The number of halogens is 2. The maximum atomic E-state index is 14.3. The summed E-state index contributed by atoms with van der Waals surface area (Å²) in [4.78, 5) is 15.7. The molecule has 0 atom stereocenters. The summed E-state index contributed by atoms with van der Waals surface area (Å²) in [5, 5.41) is 8.20. The highest BCUT2D eigenvalue weighted by atomic mass is 35.5. The number of ether oxygens (including phenoxy) is 1. The zero-order valence-electron chi connectivity index (χ0n) is 16.5. The van der Waals surface area contributed by atoms with Crippen molar-refractivity contribution in [1.29, 1.82) is 0 Å². The lowest BCUT2D eigenvalue weighted by Gasteiger charge is -2.13. The summed E-state index contributed by atoms with van der Waals surface area (Å²) in [6.45, 7) is 1.68. The van der Waals surface area contributed by atoms with Gasteiger partial charge in [0.25, 0.3) is 10.0 Å². The molecule has 0 fully saturated rings. The van der Waals surface area contributed by atoms with Crippen molar-refractivity contribution in [3.05, 3.63) is 71.1 Å². The molecule has 4 rings (SSSR count). The van der Waals surface area contributed by atoms with Crippen LogP contribution in [0.25, 0.3) is 16.9 Å². The molecule has 2 aromatic carbocycles. The topological polar surface area (TPSA) is 116 Å². The number of hydrogen-bond donors (Lipinski definition) is 1. The second-order valence-corrected chi connectivity index (χ2v) is 8.57. The Morgan fingerprint density at radius 3 is 2.78 bits per heavy atom. The molecule has 2 heterocycles. The Hall–Kier alpha value is -3.57. The van der Waals surface area contributed by atoms with E-state index in [9.17, 15) is 17.6 Å². The average molecular weight is 476 g/mol. The zero-order valence-corrected chi connectivity index (χ0v) is 18.1. The van der Waals surface area contributed by atoms with Crippen molar-refractivity contribution in [3.63, 3.8) is 0 Å². The molecule has 9 nitrogen and oxygen atoms in total. The van der Waals surface area contributed by atoms with Gasteiger partial charge in [-0.3, -0.25) is 4.72 Å². The van der Waals surface area contributed by atoms with Crippen molar-refractivity contribution in [1.82, 2.24) is 20.0 Å². The van der Waals surface area contributed by atoms with Crippen LogP contribution in [0.1, 0.15) is 17.3 Å². The van der Waals surface area contributed by atoms with Gasteiger partial charge in [-0.1, -0.05) is 16.8 Å². The third kappa shape index (κ3) is 4.12. The summed E-state index contributed by atoms with van der Waals surface area (Å²) in [7, 11) is -4.22. The minimum Gasteiger partial charge on any atom is -0.462 e. The first kappa shape index (κ1) is 21.7. The van der Waals surface area contributed by atoms with Crippen LogP contribution in [0.2, 0.25) is 5.02 Å². The van der Waals surface area contributed by atoms with E-state index in [1.54, 1.807) is 19.1 Å². The number of carbonyl (C=O) groups is 1. The van der Waals surface area contributed by atoms with E-state index in [-0.39, 0.29) is 33.5 Å². The van der Waals surface area contributed by atoms with Gasteiger partial charge in [-0.15, -0.1) is 5.10 Å². The van der Waals surface area contributed by atoms with Gasteiger partial charge < -0.3 is 4.74 Å². The highest BCUT2D eigenvalue weighted by molar-refractivity contribution is 7.92. The minimum absolute atomic E-state index is 0.0818. The Labute approximate surface area is 186 Å². The molecule has 0 amide bonds. The number of aromatic nitrogens is 4. The molecule has 32 heavy (non-hydrogen) atoms. The number of hydrogen-bond acceptors (Lipinski definition) is 7. The van der Waals surface area contributed by atoms with Gasteiger partial charge in [0.15, 0.2) is 0 Å². The molecule has 4 aromatic rings. The fourth-order valence-corrected chi connectivity index (χ4v) is 4.37. The van der Waals surface area contributed by atoms with Crippen LogP contribution >= 0.6 is 11.6 Å². The third-order valence-corrected chi connectivity index (χ3v) is 6.04. The SMILES string of the molecule is CCOC(=O)c1ccc(NS(=O)(=O)c2ccc(Cl)cc2-n2nnc3ncccc32)cc1F. The quantitative estimate of drug-likeness (QED) is 0.423. The fraction of sp³-hybridized carbons (Fsp3) is 0.100. The molecule has 0 saturated carbocycles. The van der Waals surface area contributed by atoms with Crippen molar-refractivity contribution in [2.75, 3.05) is 11.3 Å². The smallest absolute Gasteiger partial charge is 0.341 e. The van der Waals surface area contributed by atoms with Gasteiger partial charge in [0, 0.05) is 11.2 Å². The number of rotatable bonds is 6. The Morgan fingerprint density at radius 1 is 1.22 bits per heavy atom. The summed E-state index contributed by atoms with van der Waals surface area (Å²) < 4.78 is 49.0. The molecule has 0 aliphatic rings.